The van der Waals surface area contributed by atoms with E-state index in [0.29, 0.717) is 0 Å². The van der Waals surface area contributed by atoms with Crippen molar-refractivity contribution >= 4 is 17.3 Å². The largest absolute Gasteiger partial charge is 0.450 e. The summed E-state index contributed by atoms with van der Waals surface area (Å²) in [5.74, 6) is 1.82. The fourth-order valence-corrected chi connectivity index (χ4v) is 3.30. The smallest absolute Gasteiger partial charge is 0.167 e. The van der Waals surface area contributed by atoms with E-state index in [1.807, 2.05) is 30.3 Å². The quantitative estimate of drug-likeness (QED) is 0.276. The maximum absolute atomic E-state index is 5.67. The molecule has 1 nitrogen and oxygen atoms in total. The summed E-state index contributed by atoms with van der Waals surface area (Å²) >= 11 is 5.32. The molecule has 23 heavy (non-hydrogen) atoms. The first-order chi connectivity index (χ1) is 11.3. The Bertz CT molecular complexity index is 402. The Morgan fingerprint density at radius 1 is 0.870 bits per heavy atom. The lowest BCUT2D eigenvalue weighted by Gasteiger charge is -2.15. The fraction of sp³-hybridized carbons (Fsp3) is 0.667. The van der Waals surface area contributed by atoms with Crippen LogP contribution in [-0.4, -0.2) is 5.05 Å². The van der Waals surface area contributed by atoms with Gasteiger partial charge in [-0.1, -0.05) is 89.8 Å². The molecular weight excluding hydrogens is 300 g/mol. The van der Waals surface area contributed by atoms with Crippen LogP contribution in [0.1, 0.15) is 84.5 Å². The Labute approximate surface area is 148 Å². The van der Waals surface area contributed by atoms with Crippen molar-refractivity contribution in [2.45, 2.75) is 84.5 Å². The number of hydrogen-bond donors (Lipinski definition) is 0. The summed E-state index contributed by atoms with van der Waals surface area (Å²) in [6.07, 6.45) is 14.4. The molecule has 0 radical (unpaired) electrons. The Morgan fingerprint density at radius 2 is 1.57 bits per heavy atom. The summed E-state index contributed by atoms with van der Waals surface area (Å²) in [4.78, 5) is 0. The first kappa shape index (κ1) is 20.2. The lowest BCUT2D eigenvalue weighted by molar-refractivity contribution is 0.384. The van der Waals surface area contributed by atoms with Gasteiger partial charge in [-0.25, -0.2) is 0 Å². The monoisotopic (exact) mass is 334 g/mol. The summed E-state index contributed by atoms with van der Waals surface area (Å²) in [5.41, 5.74) is 0. The molecule has 130 valence electrons. The Morgan fingerprint density at radius 3 is 2.26 bits per heavy atom. The van der Waals surface area contributed by atoms with Gasteiger partial charge < -0.3 is 4.74 Å². The molecule has 1 aromatic rings. The van der Waals surface area contributed by atoms with Crippen LogP contribution in [0.25, 0.3) is 0 Å². The van der Waals surface area contributed by atoms with E-state index in [1.54, 1.807) is 0 Å². The molecule has 0 fully saturated rings. The second kappa shape index (κ2) is 13.5. The van der Waals surface area contributed by atoms with Gasteiger partial charge in [-0.3, -0.25) is 0 Å². The maximum atomic E-state index is 5.67. The zero-order chi connectivity index (χ0) is 16.8. The third-order valence-electron chi connectivity index (χ3n) is 4.38. The van der Waals surface area contributed by atoms with Crippen LogP contribution in [0.5, 0.6) is 5.75 Å². The minimum Gasteiger partial charge on any atom is -0.450 e. The molecule has 0 saturated heterocycles. The minimum absolute atomic E-state index is 0.725. The summed E-state index contributed by atoms with van der Waals surface area (Å²) in [6, 6.07) is 9.85. The van der Waals surface area contributed by atoms with Crippen molar-refractivity contribution < 1.29 is 4.74 Å². The van der Waals surface area contributed by atoms with Gasteiger partial charge in [0.2, 0.25) is 0 Å². The molecule has 0 aromatic heterocycles. The molecule has 0 saturated carbocycles. The molecule has 0 aliphatic carbocycles. The van der Waals surface area contributed by atoms with Gasteiger partial charge in [-0.2, -0.15) is 0 Å². The summed E-state index contributed by atoms with van der Waals surface area (Å²) in [5, 5.41) is 0.725. The van der Waals surface area contributed by atoms with Gasteiger partial charge in [-0.15, -0.1) is 0 Å². The first-order valence-corrected chi connectivity index (χ1v) is 9.92. The number of unbranched alkanes of at least 4 members (excludes halogenated alkanes) is 4. The van der Waals surface area contributed by atoms with E-state index in [0.717, 1.165) is 29.6 Å². The predicted molar refractivity (Wildman–Crippen MR) is 105 cm³/mol. The standard InChI is InChI=1S/C21H34OS/c1-3-5-14-19(13-4-2)15-9-6-7-12-18-21(23)22-20-16-10-8-11-17-20/h8,10-11,16-17,19H,3-7,9,12-15,18H2,1-2H3. The molecule has 1 aromatic carbocycles. The van der Waals surface area contributed by atoms with Crippen LogP contribution in [0.3, 0.4) is 0 Å². The second-order valence-corrected chi connectivity index (χ2v) is 6.99. The van der Waals surface area contributed by atoms with Crippen LogP contribution < -0.4 is 4.74 Å². The van der Waals surface area contributed by atoms with E-state index in [2.05, 4.69) is 13.8 Å². The molecule has 1 unspecified atom stereocenters. The average molecular weight is 335 g/mol. The van der Waals surface area contributed by atoms with Crippen LogP contribution in [0.15, 0.2) is 30.3 Å². The Hall–Kier alpha value is -0.890. The first-order valence-electron chi connectivity index (χ1n) is 9.52. The van der Waals surface area contributed by atoms with Crippen molar-refractivity contribution in [1.29, 1.82) is 0 Å². The zero-order valence-electron chi connectivity index (χ0n) is 15.1. The predicted octanol–water partition coefficient (Wildman–Crippen LogP) is 7.34. The van der Waals surface area contributed by atoms with Gasteiger partial charge in [0, 0.05) is 6.42 Å². The van der Waals surface area contributed by atoms with E-state index >= 15 is 0 Å². The second-order valence-electron chi connectivity index (χ2n) is 6.54. The molecule has 0 aliphatic heterocycles. The Kier molecular flexibility index (Phi) is 11.9. The van der Waals surface area contributed by atoms with Gasteiger partial charge in [0.1, 0.15) is 5.75 Å². The van der Waals surface area contributed by atoms with Crippen molar-refractivity contribution in [3.05, 3.63) is 30.3 Å². The van der Waals surface area contributed by atoms with Gasteiger partial charge in [0.05, 0.1) is 0 Å². The molecule has 0 aliphatic rings. The van der Waals surface area contributed by atoms with E-state index in [4.69, 9.17) is 17.0 Å². The molecule has 0 spiro atoms. The third kappa shape index (κ3) is 10.5. The topological polar surface area (TPSA) is 9.23 Å². The van der Waals surface area contributed by atoms with E-state index < -0.39 is 0 Å². The van der Waals surface area contributed by atoms with Crippen LogP contribution >= 0.6 is 12.2 Å². The lowest BCUT2D eigenvalue weighted by atomic mass is 9.91. The highest BCUT2D eigenvalue weighted by atomic mass is 32.1. The molecule has 0 amide bonds. The highest BCUT2D eigenvalue weighted by molar-refractivity contribution is 7.80. The molecule has 2 heteroatoms. The molecular formula is C21H34OS. The summed E-state index contributed by atoms with van der Waals surface area (Å²) in [7, 11) is 0. The SMILES string of the molecule is CCCCC(CCC)CCCCCCC(=S)Oc1ccccc1. The van der Waals surface area contributed by atoms with Gasteiger partial charge in [0.15, 0.2) is 5.05 Å². The average Bonchev–Trinajstić information content (AvgIpc) is 2.56. The normalized spacial score (nSPS) is 12.1. The Balaban J connectivity index is 2.04. The van der Waals surface area contributed by atoms with Crippen LogP contribution in [0, 0.1) is 5.92 Å². The molecule has 1 atom stereocenters. The van der Waals surface area contributed by atoms with Crippen LogP contribution in [0.4, 0.5) is 0 Å². The zero-order valence-corrected chi connectivity index (χ0v) is 15.9. The van der Waals surface area contributed by atoms with Crippen molar-refractivity contribution in [3.63, 3.8) is 0 Å². The van der Waals surface area contributed by atoms with Crippen molar-refractivity contribution in [2.75, 3.05) is 0 Å². The highest BCUT2D eigenvalue weighted by Gasteiger charge is 2.07. The number of benzene rings is 1. The molecule has 0 N–H and O–H groups in total. The number of rotatable bonds is 13. The van der Waals surface area contributed by atoms with E-state index in [9.17, 15) is 0 Å². The molecule has 0 heterocycles. The van der Waals surface area contributed by atoms with E-state index in [1.165, 1.54) is 57.8 Å². The third-order valence-corrected chi connectivity index (χ3v) is 4.67. The number of thiocarbonyl (C=S) groups is 1. The number of ether oxygens (including phenoxy) is 1. The van der Waals surface area contributed by atoms with Gasteiger partial charge >= 0.3 is 0 Å². The van der Waals surface area contributed by atoms with Crippen molar-refractivity contribution in [1.82, 2.24) is 0 Å². The van der Waals surface area contributed by atoms with Gasteiger partial charge in [-0.05, 0) is 36.7 Å². The molecule has 1 rings (SSSR count). The lowest BCUT2D eigenvalue weighted by Crippen LogP contribution is -2.04. The molecule has 0 bridgehead atoms. The summed E-state index contributed by atoms with van der Waals surface area (Å²) in [6.45, 7) is 4.61. The minimum atomic E-state index is 0.725. The maximum Gasteiger partial charge on any atom is 0.167 e. The number of hydrogen-bond acceptors (Lipinski definition) is 2. The van der Waals surface area contributed by atoms with Crippen LogP contribution in [0.2, 0.25) is 0 Å². The summed E-state index contributed by atoms with van der Waals surface area (Å²) < 4.78 is 5.67. The van der Waals surface area contributed by atoms with Crippen molar-refractivity contribution in [3.8, 4) is 5.75 Å². The number of para-hydroxylation sites is 1. The fourth-order valence-electron chi connectivity index (χ4n) is 3.06. The highest BCUT2D eigenvalue weighted by Crippen LogP contribution is 2.22. The van der Waals surface area contributed by atoms with E-state index in [-0.39, 0.29) is 0 Å². The van der Waals surface area contributed by atoms with Crippen molar-refractivity contribution in [2.24, 2.45) is 5.92 Å². The van der Waals surface area contributed by atoms with Crippen LogP contribution in [-0.2, 0) is 0 Å². The van der Waals surface area contributed by atoms with Gasteiger partial charge in [0.25, 0.3) is 0 Å².